The van der Waals surface area contributed by atoms with Gasteiger partial charge in [0.25, 0.3) is 0 Å². The van der Waals surface area contributed by atoms with Gasteiger partial charge in [0.05, 0.1) is 19.8 Å². The fourth-order valence-corrected chi connectivity index (χ4v) is 3.76. The number of benzene rings is 1. The Morgan fingerprint density at radius 3 is 2.73 bits per heavy atom. The van der Waals surface area contributed by atoms with Crippen LogP contribution in [0.3, 0.4) is 0 Å². The molecule has 1 unspecified atom stereocenters. The lowest BCUT2D eigenvalue weighted by Gasteiger charge is -2.32. The maximum absolute atomic E-state index is 5.59. The third kappa shape index (κ3) is 4.96. The summed E-state index contributed by atoms with van der Waals surface area (Å²) in [6.07, 6.45) is 1.20. The second-order valence-corrected chi connectivity index (χ2v) is 6.84. The number of guanidine groups is 1. The predicted molar refractivity (Wildman–Crippen MR) is 104 cm³/mol. The van der Waals surface area contributed by atoms with Gasteiger partial charge in [-0.05, 0) is 24.5 Å². The third-order valence-electron chi connectivity index (χ3n) is 5.25. The number of nitrogens with zero attached hydrogens (tertiary/aromatic N) is 3. The van der Waals surface area contributed by atoms with E-state index in [0.717, 1.165) is 58.5 Å². The lowest BCUT2D eigenvalue weighted by atomic mass is 10.1. The first kappa shape index (κ1) is 19.1. The van der Waals surface area contributed by atoms with E-state index in [4.69, 9.17) is 9.47 Å². The number of morpholine rings is 1. The highest BCUT2D eigenvalue weighted by Gasteiger charge is 2.30. The zero-order valence-electron chi connectivity index (χ0n) is 16.1. The standard InChI is InChI=1S/C20H32N4O2/c1-3-25-16-18-7-5-4-6-17(18)14-22-20(21-2)24-9-8-19(15-24)23-10-12-26-13-11-23/h4-7,19H,3,8-16H2,1-2H3,(H,21,22). The van der Waals surface area contributed by atoms with Crippen molar-refractivity contribution in [1.29, 1.82) is 0 Å². The Kier molecular flexibility index (Phi) is 7.29. The third-order valence-corrected chi connectivity index (χ3v) is 5.25. The van der Waals surface area contributed by atoms with E-state index in [2.05, 4.69) is 44.4 Å². The van der Waals surface area contributed by atoms with E-state index in [9.17, 15) is 0 Å². The first-order valence-electron chi connectivity index (χ1n) is 9.73. The van der Waals surface area contributed by atoms with Gasteiger partial charge in [0.15, 0.2) is 5.96 Å². The number of ether oxygens (including phenoxy) is 2. The van der Waals surface area contributed by atoms with Crippen LogP contribution in [0.2, 0.25) is 0 Å². The van der Waals surface area contributed by atoms with Crippen LogP contribution in [-0.4, -0.2) is 74.8 Å². The first-order valence-corrected chi connectivity index (χ1v) is 9.73. The van der Waals surface area contributed by atoms with Gasteiger partial charge in [-0.25, -0.2) is 0 Å². The van der Waals surface area contributed by atoms with Crippen LogP contribution >= 0.6 is 0 Å². The van der Waals surface area contributed by atoms with Crippen LogP contribution in [0.5, 0.6) is 0 Å². The molecule has 0 aliphatic carbocycles. The molecule has 6 heteroatoms. The van der Waals surface area contributed by atoms with E-state index in [1.807, 2.05) is 14.0 Å². The summed E-state index contributed by atoms with van der Waals surface area (Å²) in [5.41, 5.74) is 2.51. The molecular weight excluding hydrogens is 328 g/mol. The van der Waals surface area contributed by atoms with Crippen LogP contribution in [0.4, 0.5) is 0 Å². The van der Waals surface area contributed by atoms with E-state index < -0.39 is 0 Å². The van der Waals surface area contributed by atoms with Crippen molar-refractivity contribution in [3.05, 3.63) is 35.4 Å². The molecule has 0 amide bonds. The van der Waals surface area contributed by atoms with Crippen LogP contribution in [0, 0.1) is 0 Å². The van der Waals surface area contributed by atoms with Crippen molar-refractivity contribution in [3.8, 4) is 0 Å². The molecule has 26 heavy (non-hydrogen) atoms. The van der Waals surface area contributed by atoms with Gasteiger partial charge in [-0.3, -0.25) is 9.89 Å². The highest BCUT2D eigenvalue weighted by Crippen LogP contribution is 2.17. The van der Waals surface area contributed by atoms with Crippen LogP contribution in [0.1, 0.15) is 24.5 Å². The quantitative estimate of drug-likeness (QED) is 0.618. The zero-order valence-corrected chi connectivity index (χ0v) is 16.1. The highest BCUT2D eigenvalue weighted by atomic mass is 16.5. The molecule has 2 aliphatic rings. The summed E-state index contributed by atoms with van der Waals surface area (Å²) < 4.78 is 11.1. The molecule has 3 rings (SSSR count). The summed E-state index contributed by atoms with van der Waals surface area (Å²) in [5, 5.41) is 3.55. The summed E-state index contributed by atoms with van der Waals surface area (Å²) in [5.74, 6) is 0.993. The second kappa shape index (κ2) is 9.90. The van der Waals surface area contributed by atoms with Gasteiger partial charge in [0.1, 0.15) is 0 Å². The van der Waals surface area contributed by atoms with Crippen LogP contribution in [-0.2, 0) is 22.6 Å². The molecule has 144 valence electrons. The molecule has 0 saturated carbocycles. The van der Waals surface area contributed by atoms with Crippen LogP contribution in [0.15, 0.2) is 29.3 Å². The second-order valence-electron chi connectivity index (χ2n) is 6.84. The van der Waals surface area contributed by atoms with Crippen molar-refractivity contribution < 1.29 is 9.47 Å². The van der Waals surface area contributed by atoms with Crippen molar-refractivity contribution >= 4 is 5.96 Å². The Labute approximate surface area is 157 Å². The predicted octanol–water partition coefficient (Wildman–Crippen LogP) is 1.71. The Morgan fingerprint density at radius 1 is 1.23 bits per heavy atom. The minimum atomic E-state index is 0.614. The van der Waals surface area contributed by atoms with Crippen LogP contribution < -0.4 is 5.32 Å². The topological polar surface area (TPSA) is 49.3 Å². The molecular formula is C20H32N4O2. The number of likely N-dealkylation sites (tertiary alicyclic amines) is 1. The van der Waals surface area contributed by atoms with Crippen molar-refractivity contribution in [2.24, 2.45) is 4.99 Å². The SMILES string of the molecule is CCOCc1ccccc1CNC(=NC)N1CCC(N2CCOCC2)C1. The molecule has 2 aliphatic heterocycles. The summed E-state index contributed by atoms with van der Waals surface area (Å²) in [6, 6.07) is 9.07. The van der Waals surface area contributed by atoms with Crippen molar-refractivity contribution in [3.63, 3.8) is 0 Å². The molecule has 2 heterocycles. The highest BCUT2D eigenvalue weighted by molar-refractivity contribution is 5.80. The van der Waals surface area contributed by atoms with Gasteiger partial charge >= 0.3 is 0 Å². The molecule has 0 spiro atoms. The monoisotopic (exact) mass is 360 g/mol. The van der Waals surface area contributed by atoms with E-state index in [-0.39, 0.29) is 0 Å². The minimum absolute atomic E-state index is 0.614. The van der Waals surface area contributed by atoms with E-state index in [0.29, 0.717) is 12.6 Å². The fourth-order valence-electron chi connectivity index (χ4n) is 3.76. The van der Waals surface area contributed by atoms with Gasteiger partial charge in [-0.15, -0.1) is 0 Å². The summed E-state index contributed by atoms with van der Waals surface area (Å²) in [7, 11) is 1.87. The molecule has 6 nitrogen and oxygen atoms in total. The smallest absolute Gasteiger partial charge is 0.193 e. The summed E-state index contributed by atoms with van der Waals surface area (Å²) in [6.45, 7) is 10.1. The van der Waals surface area contributed by atoms with Gasteiger partial charge in [-0.1, -0.05) is 24.3 Å². The van der Waals surface area contributed by atoms with E-state index >= 15 is 0 Å². The van der Waals surface area contributed by atoms with Crippen molar-refractivity contribution in [2.75, 3.05) is 53.0 Å². The largest absolute Gasteiger partial charge is 0.379 e. The summed E-state index contributed by atoms with van der Waals surface area (Å²) in [4.78, 5) is 9.46. The molecule has 0 aromatic heterocycles. The molecule has 1 aromatic carbocycles. The van der Waals surface area contributed by atoms with Gasteiger partial charge in [-0.2, -0.15) is 0 Å². The number of hydrogen-bond acceptors (Lipinski definition) is 4. The number of rotatable bonds is 6. The van der Waals surface area contributed by atoms with E-state index in [1.165, 1.54) is 17.5 Å². The Morgan fingerprint density at radius 2 is 2.00 bits per heavy atom. The lowest BCUT2D eigenvalue weighted by Crippen LogP contribution is -2.46. The number of aliphatic imine (C=N–C) groups is 1. The van der Waals surface area contributed by atoms with E-state index in [1.54, 1.807) is 0 Å². The average Bonchev–Trinajstić information content (AvgIpc) is 3.18. The molecule has 1 aromatic rings. The Balaban J connectivity index is 1.54. The number of hydrogen-bond donors (Lipinski definition) is 1. The molecule has 0 radical (unpaired) electrons. The zero-order chi connectivity index (χ0) is 18.2. The Bertz CT molecular complexity index is 587. The van der Waals surface area contributed by atoms with Crippen LogP contribution in [0.25, 0.3) is 0 Å². The molecule has 1 N–H and O–H groups in total. The molecule has 2 fully saturated rings. The molecule has 2 saturated heterocycles. The van der Waals surface area contributed by atoms with Gasteiger partial charge in [0, 0.05) is 52.4 Å². The normalized spacial score (nSPS) is 22.0. The average molecular weight is 361 g/mol. The fraction of sp³-hybridized carbons (Fsp3) is 0.650. The van der Waals surface area contributed by atoms with Crippen molar-refractivity contribution in [2.45, 2.75) is 32.5 Å². The van der Waals surface area contributed by atoms with Gasteiger partial charge < -0.3 is 19.7 Å². The summed E-state index contributed by atoms with van der Waals surface area (Å²) >= 11 is 0. The first-order chi connectivity index (χ1) is 12.8. The lowest BCUT2D eigenvalue weighted by molar-refractivity contribution is 0.0195. The van der Waals surface area contributed by atoms with Crippen molar-refractivity contribution in [1.82, 2.24) is 15.1 Å². The molecule has 1 atom stereocenters. The molecule has 0 bridgehead atoms. The Hall–Kier alpha value is -1.63. The minimum Gasteiger partial charge on any atom is -0.379 e. The van der Waals surface area contributed by atoms with Gasteiger partial charge in [0.2, 0.25) is 0 Å². The maximum Gasteiger partial charge on any atom is 0.193 e. The maximum atomic E-state index is 5.59. The number of nitrogens with one attached hydrogen (secondary N) is 1.